The number of primary sulfonamides is 1. The van der Waals surface area contributed by atoms with Crippen LogP contribution in [0.5, 0.6) is 11.5 Å². The zero-order valence-corrected chi connectivity index (χ0v) is 15.7. The summed E-state index contributed by atoms with van der Waals surface area (Å²) in [6.45, 7) is -3.08. The summed E-state index contributed by atoms with van der Waals surface area (Å²) < 4.78 is 56.8. The van der Waals surface area contributed by atoms with Crippen LogP contribution < -0.4 is 19.9 Å². The van der Waals surface area contributed by atoms with Crippen molar-refractivity contribution in [1.82, 2.24) is 0 Å². The molecule has 0 aliphatic carbocycles. The molecule has 0 radical (unpaired) electrons. The molecule has 0 spiro atoms. The molecule has 0 saturated carbocycles. The highest BCUT2D eigenvalue weighted by Gasteiger charge is 2.14. The number of nitriles is 1. The van der Waals surface area contributed by atoms with Crippen LogP contribution in [0.25, 0.3) is 6.08 Å². The molecule has 0 aromatic heterocycles. The van der Waals surface area contributed by atoms with E-state index in [4.69, 9.17) is 9.88 Å². The Morgan fingerprint density at radius 2 is 1.86 bits per heavy atom. The van der Waals surface area contributed by atoms with Crippen LogP contribution in [0.15, 0.2) is 52.9 Å². The third kappa shape index (κ3) is 6.00. The normalized spacial score (nSPS) is 11.7. The maximum atomic E-state index is 12.5. The summed E-state index contributed by atoms with van der Waals surface area (Å²) in [6.07, 6.45) is 1.17. The molecule has 29 heavy (non-hydrogen) atoms. The van der Waals surface area contributed by atoms with Crippen molar-refractivity contribution in [3.63, 3.8) is 0 Å². The highest BCUT2D eigenvalue weighted by atomic mass is 32.2. The van der Waals surface area contributed by atoms with Crippen LogP contribution >= 0.6 is 0 Å². The van der Waals surface area contributed by atoms with E-state index in [2.05, 4.69) is 10.1 Å². The Bertz CT molecular complexity index is 1080. The fraction of sp³-hybridized carbons (Fsp3) is 0.111. The molecule has 2 aromatic carbocycles. The Hall–Kier alpha value is -3.49. The number of carbonyl (C=O) groups excluding carboxylic acids is 1. The second kappa shape index (κ2) is 9.13. The Morgan fingerprint density at radius 3 is 2.38 bits per heavy atom. The van der Waals surface area contributed by atoms with Gasteiger partial charge in [-0.2, -0.15) is 14.0 Å². The number of methoxy groups -OCH3 is 1. The van der Waals surface area contributed by atoms with Gasteiger partial charge in [0.2, 0.25) is 10.0 Å². The van der Waals surface area contributed by atoms with E-state index in [-0.39, 0.29) is 33.2 Å². The number of carbonyl (C=O) groups is 1. The molecule has 0 atom stereocenters. The average Bonchev–Trinajstić information content (AvgIpc) is 2.65. The molecule has 0 unspecified atom stereocenters. The summed E-state index contributed by atoms with van der Waals surface area (Å²) >= 11 is 0. The summed E-state index contributed by atoms with van der Waals surface area (Å²) in [7, 11) is -2.60. The van der Waals surface area contributed by atoms with Gasteiger partial charge in [0, 0.05) is 5.69 Å². The second-order valence-corrected chi connectivity index (χ2v) is 7.04. The van der Waals surface area contributed by atoms with Crippen LogP contribution in [0.3, 0.4) is 0 Å². The van der Waals surface area contributed by atoms with Crippen LogP contribution in [-0.4, -0.2) is 28.0 Å². The van der Waals surface area contributed by atoms with Crippen molar-refractivity contribution in [2.24, 2.45) is 5.14 Å². The molecule has 0 saturated heterocycles. The number of hydrogen-bond acceptors (Lipinski definition) is 6. The Labute approximate surface area is 165 Å². The van der Waals surface area contributed by atoms with Gasteiger partial charge in [-0.1, -0.05) is 6.07 Å². The molecule has 0 aliphatic heterocycles. The minimum Gasteiger partial charge on any atom is -0.493 e. The van der Waals surface area contributed by atoms with Gasteiger partial charge in [-0.15, -0.1) is 0 Å². The van der Waals surface area contributed by atoms with Gasteiger partial charge in [-0.25, -0.2) is 13.6 Å². The Morgan fingerprint density at radius 1 is 1.21 bits per heavy atom. The fourth-order valence-corrected chi connectivity index (χ4v) is 2.73. The van der Waals surface area contributed by atoms with Gasteiger partial charge in [0.05, 0.1) is 12.0 Å². The van der Waals surface area contributed by atoms with Crippen LogP contribution in [0, 0.1) is 11.3 Å². The molecular weight excluding hydrogens is 408 g/mol. The third-order valence-corrected chi connectivity index (χ3v) is 4.45. The molecule has 0 heterocycles. The first-order chi connectivity index (χ1) is 13.6. The van der Waals surface area contributed by atoms with Crippen LogP contribution in [0.2, 0.25) is 0 Å². The minimum atomic E-state index is -3.88. The number of benzene rings is 2. The van der Waals surface area contributed by atoms with Gasteiger partial charge >= 0.3 is 6.61 Å². The highest BCUT2D eigenvalue weighted by Crippen LogP contribution is 2.30. The molecule has 0 fully saturated rings. The average molecular weight is 423 g/mol. The van der Waals surface area contributed by atoms with Gasteiger partial charge in [-0.05, 0) is 48.0 Å². The largest absolute Gasteiger partial charge is 0.493 e. The Balaban J connectivity index is 2.25. The van der Waals surface area contributed by atoms with Gasteiger partial charge in [0.15, 0.2) is 11.5 Å². The van der Waals surface area contributed by atoms with Crippen LogP contribution in [-0.2, 0) is 14.8 Å². The highest BCUT2D eigenvalue weighted by molar-refractivity contribution is 7.89. The molecule has 3 N–H and O–H groups in total. The zero-order chi connectivity index (χ0) is 21.6. The number of halogens is 2. The minimum absolute atomic E-state index is 0.0559. The number of anilines is 1. The number of nitrogens with two attached hydrogens (primary N) is 1. The topological polar surface area (TPSA) is 132 Å². The lowest BCUT2D eigenvalue weighted by atomic mass is 10.1. The van der Waals surface area contributed by atoms with Gasteiger partial charge in [0.25, 0.3) is 5.91 Å². The van der Waals surface area contributed by atoms with E-state index in [0.717, 1.165) is 0 Å². The number of hydrogen-bond donors (Lipinski definition) is 2. The third-order valence-electron chi connectivity index (χ3n) is 3.52. The maximum absolute atomic E-state index is 12.5. The molecule has 11 heteroatoms. The molecule has 2 rings (SSSR count). The predicted molar refractivity (Wildman–Crippen MR) is 99.7 cm³/mol. The van der Waals surface area contributed by atoms with E-state index >= 15 is 0 Å². The summed E-state index contributed by atoms with van der Waals surface area (Å²) in [5.41, 5.74) is 0.145. The summed E-state index contributed by atoms with van der Waals surface area (Å²) in [5, 5.41) is 16.7. The quantitative estimate of drug-likeness (QED) is 0.520. The second-order valence-electron chi connectivity index (χ2n) is 5.48. The first kappa shape index (κ1) is 21.8. The van der Waals surface area contributed by atoms with Crippen molar-refractivity contribution < 1.29 is 31.5 Å². The van der Waals surface area contributed by atoms with Crippen molar-refractivity contribution in [2.45, 2.75) is 11.5 Å². The Kier molecular flexibility index (Phi) is 6.87. The molecule has 8 nitrogen and oxygen atoms in total. The van der Waals surface area contributed by atoms with Crippen molar-refractivity contribution >= 4 is 27.7 Å². The smallest absolute Gasteiger partial charge is 0.387 e. The van der Waals surface area contributed by atoms with Gasteiger partial charge in [0.1, 0.15) is 11.6 Å². The first-order valence-electron chi connectivity index (χ1n) is 7.83. The van der Waals surface area contributed by atoms with E-state index in [1.54, 1.807) is 6.07 Å². The number of alkyl halides is 2. The van der Waals surface area contributed by atoms with Crippen LogP contribution in [0.1, 0.15) is 5.56 Å². The van der Waals surface area contributed by atoms with Crippen molar-refractivity contribution in [3.8, 4) is 17.6 Å². The predicted octanol–water partition coefficient (Wildman–Crippen LogP) is 2.49. The molecular formula is C18H15F2N3O5S. The van der Waals surface area contributed by atoms with E-state index < -0.39 is 22.5 Å². The van der Waals surface area contributed by atoms with E-state index in [9.17, 15) is 27.3 Å². The van der Waals surface area contributed by atoms with Crippen molar-refractivity contribution in [1.29, 1.82) is 5.26 Å². The lowest BCUT2D eigenvalue weighted by Crippen LogP contribution is -2.14. The number of nitrogens with zero attached hydrogens (tertiary/aromatic N) is 1. The van der Waals surface area contributed by atoms with E-state index in [0.29, 0.717) is 0 Å². The lowest BCUT2D eigenvalue weighted by molar-refractivity contribution is -0.112. The standard InChI is InChI=1S/C18H15F2N3O5S/c1-27-15-7-2-11(9-16(15)28-18(19)20)8-12(10-21)17(24)23-13-3-5-14(6-4-13)29(22,25)26/h2-9,18H,1H3,(H,23,24)(H2,22,25,26). The number of nitrogens with one attached hydrogen (secondary N) is 1. The van der Waals surface area contributed by atoms with E-state index in [1.807, 2.05) is 0 Å². The lowest BCUT2D eigenvalue weighted by Gasteiger charge is -2.10. The SMILES string of the molecule is COc1ccc(C=C(C#N)C(=O)Nc2ccc(S(N)(=O)=O)cc2)cc1OC(F)F. The molecule has 0 aliphatic rings. The summed E-state index contributed by atoms with van der Waals surface area (Å²) in [4.78, 5) is 12.2. The number of rotatable bonds is 7. The molecule has 152 valence electrons. The number of amides is 1. The van der Waals surface area contributed by atoms with Crippen LogP contribution in [0.4, 0.5) is 14.5 Å². The monoisotopic (exact) mass is 423 g/mol. The van der Waals surface area contributed by atoms with Crippen molar-refractivity contribution in [2.75, 3.05) is 12.4 Å². The number of ether oxygens (including phenoxy) is 2. The van der Waals surface area contributed by atoms with Crippen molar-refractivity contribution in [3.05, 3.63) is 53.6 Å². The summed E-state index contributed by atoms with van der Waals surface area (Å²) in [6, 6.07) is 10.7. The van der Waals surface area contributed by atoms with Gasteiger partial charge in [-0.3, -0.25) is 4.79 Å². The summed E-state index contributed by atoms with van der Waals surface area (Å²) in [5.74, 6) is -0.990. The van der Waals surface area contributed by atoms with E-state index in [1.165, 1.54) is 55.7 Å². The van der Waals surface area contributed by atoms with Gasteiger partial charge < -0.3 is 14.8 Å². The number of sulfonamides is 1. The molecule has 2 aromatic rings. The molecule has 1 amide bonds. The maximum Gasteiger partial charge on any atom is 0.387 e. The first-order valence-corrected chi connectivity index (χ1v) is 9.37. The fourth-order valence-electron chi connectivity index (χ4n) is 2.21. The molecule has 0 bridgehead atoms. The zero-order valence-electron chi connectivity index (χ0n) is 14.9.